The normalized spacial score (nSPS) is 11.1. The topological polar surface area (TPSA) is 38.3 Å². The van der Waals surface area contributed by atoms with E-state index in [4.69, 9.17) is 16.3 Å². The Hall–Kier alpha value is -0.740. The predicted molar refractivity (Wildman–Crippen MR) is 73.9 cm³/mol. The zero-order valence-corrected chi connectivity index (χ0v) is 12.4. The first-order valence-electron chi connectivity index (χ1n) is 5.16. The third-order valence-corrected chi connectivity index (χ3v) is 2.80. The Balaban J connectivity index is 2.77. The number of benzene rings is 1. The summed E-state index contributed by atoms with van der Waals surface area (Å²) < 4.78 is 5.15. The molecule has 5 heteroatoms. The number of halogens is 2. The van der Waals surface area contributed by atoms with Crippen molar-refractivity contribution in [2.24, 2.45) is 0 Å². The van der Waals surface area contributed by atoms with Crippen molar-refractivity contribution in [1.29, 1.82) is 0 Å². The highest BCUT2D eigenvalue weighted by Crippen LogP contribution is 2.24. The van der Waals surface area contributed by atoms with E-state index in [1.807, 2.05) is 26.8 Å². The summed E-state index contributed by atoms with van der Waals surface area (Å²) in [6.45, 7) is 5.43. The Morgan fingerprint density at radius 2 is 2.12 bits per heavy atom. The Bertz CT molecular complexity index is 415. The van der Waals surface area contributed by atoms with E-state index in [2.05, 4.69) is 21.2 Å². The number of amides is 1. The molecule has 1 aromatic carbocycles. The summed E-state index contributed by atoms with van der Waals surface area (Å²) in [6, 6.07) is 5.43. The molecule has 3 nitrogen and oxygen atoms in total. The van der Waals surface area contributed by atoms with Gasteiger partial charge in [-0.3, -0.25) is 5.32 Å². The van der Waals surface area contributed by atoms with E-state index in [9.17, 15) is 4.79 Å². The molecule has 17 heavy (non-hydrogen) atoms. The Morgan fingerprint density at radius 1 is 1.47 bits per heavy atom. The fourth-order valence-corrected chi connectivity index (χ4v) is 1.68. The van der Waals surface area contributed by atoms with Crippen molar-refractivity contribution in [3.8, 4) is 0 Å². The first-order valence-corrected chi connectivity index (χ1v) is 6.66. The standard InChI is InChI=1S/C12H15BrClNO2/c1-12(2,3)17-11(16)15-10-6-8(7-13)4-5-9(10)14/h4-6H,7H2,1-3H3,(H,15,16). The minimum atomic E-state index is -0.524. The summed E-state index contributed by atoms with van der Waals surface area (Å²) in [5, 5.41) is 3.82. The minimum Gasteiger partial charge on any atom is -0.444 e. The van der Waals surface area contributed by atoms with Gasteiger partial charge in [0.25, 0.3) is 0 Å². The molecule has 0 aliphatic rings. The van der Waals surface area contributed by atoms with Gasteiger partial charge in [-0.2, -0.15) is 0 Å². The van der Waals surface area contributed by atoms with Crippen molar-refractivity contribution < 1.29 is 9.53 Å². The van der Waals surface area contributed by atoms with Crippen molar-refractivity contribution >= 4 is 39.3 Å². The van der Waals surface area contributed by atoms with Crippen molar-refractivity contribution in [1.82, 2.24) is 0 Å². The summed E-state index contributed by atoms with van der Waals surface area (Å²) in [4.78, 5) is 11.6. The first-order chi connectivity index (χ1) is 7.81. The van der Waals surface area contributed by atoms with Crippen LogP contribution in [-0.2, 0) is 10.1 Å². The van der Waals surface area contributed by atoms with Crippen LogP contribution in [0.3, 0.4) is 0 Å². The summed E-state index contributed by atoms with van der Waals surface area (Å²) in [5.41, 5.74) is 1.06. The van der Waals surface area contributed by atoms with Gasteiger partial charge in [0.15, 0.2) is 0 Å². The van der Waals surface area contributed by atoms with E-state index in [0.717, 1.165) is 5.56 Å². The van der Waals surface area contributed by atoms with Gasteiger partial charge in [-0.25, -0.2) is 4.79 Å². The average molecular weight is 321 g/mol. The zero-order chi connectivity index (χ0) is 13.1. The van der Waals surface area contributed by atoms with Crippen LogP contribution in [0.2, 0.25) is 5.02 Å². The van der Waals surface area contributed by atoms with E-state index in [0.29, 0.717) is 16.0 Å². The number of hydrogen-bond acceptors (Lipinski definition) is 2. The lowest BCUT2D eigenvalue weighted by molar-refractivity contribution is 0.0636. The number of carbonyl (C=O) groups is 1. The number of carbonyl (C=O) groups excluding carboxylic acids is 1. The molecule has 0 fully saturated rings. The van der Waals surface area contributed by atoms with E-state index in [1.54, 1.807) is 12.1 Å². The molecule has 0 radical (unpaired) electrons. The zero-order valence-electron chi connectivity index (χ0n) is 10.0. The summed E-state index contributed by atoms with van der Waals surface area (Å²) in [5.74, 6) is 0. The van der Waals surface area contributed by atoms with E-state index < -0.39 is 11.7 Å². The van der Waals surface area contributed by atoms with Gasteiger partial charge in [0, 0.05) is 5.33 Å². The molecule has 1 aromatic rings. The molecule has 1 rings (SSSR count). The third-order valence-electron chi connectivity index (χ3n) is 1.82. The van der Waals surface area contributed by atoms with E-state index in [-0.39, 0.29) is 0 Å². The van der Waals surface area contributed by atoms with Gasteiger partial charge in [-0.1, -0.05) is 33.6 Å². The second-order valence-electron chi connectivity index (χ2n) is 4.57. The van der Waals surface area contributed by atoms with Gasteiger partial charge in [-0.15, -0.1) is 0 Å². The lowest BCUT2D eigenvalue weighted by Gasteiger charge is -2.20. The van der Waals surface area contributed by atoms with Crippen molar-refractivity contribution in [3.05, 3.63) is 28.8 Å². The molecule has 0 bridgehead atoms. The maximum absolute atomic E-state index is 11.6. The number of hydrogen-bond donors (Lipinski definition) is 1. The van der Waals surface area contributed by atoms with E-state index in [1.165, 1.54) is 0 Å². The SMILES string of the molecule is CC(C)(C)OC(=O)Nc1cc(CBr)ccc1Cl. The Labute approximate surface area is 115 Å². The fourth-order valence-electron chi connectivity index (χ4n) is 1.16. The Kier molecular flexibility index (Phi) is 4.83. The first kappa shape index (κ1) is 14.3. The Morgan fingerprint density at radius 3 is 2.65 bits per heavy atom. The van der Waals surface area contributed by atoms with Crippen LogP contribution >= 0.6 is 27.5 Å². The maximum Gasteiger partial charge on any atom is 0.412 e. The van der Waals surface area contributed by atoms with Gasteiger partial charge in [0.05, 0.1) is 10.7 Å². The average Bonchev–Trinajstić information content (AvgIpc) is 2.18. The van der Waals surface area contributed by atoms with Crippen molar-refractivity contribution in [3.63, 3.8) is 0 Å². The summed E-state index contributed by atoms with van der Waals surface area (Å²) in [6.07, 6.45) is -0.508. The number of anilines is 1. The molecule has 94 valence electrons. The molecular weight excluding hydrogens is 305 g/mol. The van der Waals surface area contributed by atoms with Gasteiger partial charge in [0.2, 0.25) is 0 Å². The number of nitrogens with one attached hydrogen (secondary N) is 1. The second-order valence-corrected chi connectivity index (χ2v) is 5.54. The molecule has 0 aliphatic carbocycles. The van der Waals surface area contributed by atoms with Crippen LogP contribution in [0.4, 0.5) is 10.5 Å². The van der Waals surface area contributed by atoms with Crippen LogP contribution in [-0.4, -0.2) is 11.7 Å². The third kappa shape index (κ3) is 4.96. The van der Waals surface area contributed by atoms with Gasteiger partial charge < -0.3 is 4.74 Å². The fraction of sp³-hybridized carbons (Fsp3) is 0.417. The highest BCUT2D eigenvalue weighted by molar-refractivity contribution is 9.08. The van der Waals surface area contributed by atoms with Crippen LogP contribution in [0.5, 0.6) is 0 Å². The highest BCUT2D eigenvalue weighted by Gasteiger charge is 2.17. The van der Waals surface area contributed by atoms with Crippen molar-refractivity contribution in [2.75, 3.05) is 5.32 Å². The molecule has 0 aliphatic heterocycles. The monoisotopic (exact) mass is 319 g/mol. The van der Waals surface area contributed by atoms with Crippen molar-refractivity contribution in [2.45, 2.75) is 31.7 Å². The molecule has 0 saturated carbocycles. The van der Waals surface area contributed by atoms with Crippen LogP contribution in [0.25, 0.3) is 0 Å². The van der Waals surface area contributed by atoms with Crippen LogP contribution in [0, 0.1) is 0 Å². The molecule has 0 saturated heterocycles. The lowest BCUT2D eigenvalue weighted by atomic mass is 10.2. The molecule has 0 heterocycles. The predicted octanol–water partition coefficient (Wildman–Crippen LogP) is 4.58. The number of rotatable bonds is 2. The van der Waals surface area contributed by atoms with Crippen LogP contribution in [0.1, 0.15) is 26.3 Å². The summed E-state index contributed by atoms with van der Waals surface area (Å²) >= 11 is 9.33. The quantitative estimate of drug-likeness (QED) is 0.810. The molecule has 0 unspecified atom stereocenters. The smallest absolute Gasteiger partial charge is 0.412 e. The van der Waals surface area contributed by atoms with Gasteiger partial charge in [-0.05, 0) is 38.5 Å². The van der Waals surface area contributed by atoms with Crippen LogP contribution in [0.15, 0.2) is 18.2 Å². The molecule has 1 N–H and O–H groups in total. The van der Waals surface area contributed by atoms with Crippen LogP contribution < -0.4 is 5.32 Å². The molecule has 1 amide bonds. The summed E-state index contributed by atoms with van der Waals surface area (Å²) in [7, 11) is 0. The van der Waals surface area contributed by atoms with Gasteiger partial charge >= 0.3 is 6.09 Å². The molecule has 0 aromatic heterocycles. The second kappa shape index (κ2) is 5.74. The highest BCUT2D eigenvalue weighted by atomic mass is 79.9. The molecule has 0 spiro atoms. The lowest BCUT2D eigenvalue weighted by Crippen LogP contribution is -2.27. The van der Waals surface area contributed by atoms with E-state index >= 15 is 0 Å². The maximum atomic E-state index is 11.6. The minimum absolute atomic E-state index is 0.487. The largest absolute Gasteiger partial charge is 0.444 e. The number of ether oxygens (including phenoxy) is 1. The van der Waals surface area contributed by atoms with Gasteiger partial charge in [0.1, 0.15) is 5.60 Å². The molecular formula is C12H15BrClNO2. The molecule has 0 atom stereocenters. The number of alkyl halides is 1.